The monoisotopic (exact) mass is 286 g/mol. The van der Waals surface area contributed by atoms with Crippen LogP contribution in [-0.2, 0) is 0 Å². The molecule has 1 aromatic carbocycles. The Balaban J connectivity index is 3.17. The molecule has 20 heavy (non-hydrogen) atoms. The van der Waals surface area contributed by atoms with Crippen LogP contribution in [0.5, 0.6) is 0 Å². The minimum absolute atomic E-state index is 0.0971. The first-order valence-corrected chi connectivity index (χ1v) is 6.24. The molecule has 1 rings (SSSR count). The number of nitro groups is 1. The van der Waals surface area contributed by atoms with E-state index in [0.29, 0.717) is 25.0 Å². The summed E-state index contributed by atoms with van der Waals surface area (Å²) < 4.78 is 27.2. The Morgan fingerprint density at radius 3 is 2.30 bits per heavy atom. The van der Waals surface area contributed by atoms with E-state index >= 15 is 0 Å². The quantitative estimate of drug-likeness (QED) is 0.617. The summed E-state index contributed by atoms with van der Waals surface area (Å²) in [7, 11) is 1.50. The number of nitro benzene ring substituents is 1. The van der Waals surface area contributed by atoms with Gasteiger partial charge in [0.25, 0.3) is 5.91 Å². The van der Waals surface area contributed by atoms with Crippen LogP contribution in [-0.4, -0.2) is 28.8 Å². The molecule has 0 N–H and O–H groups in total. The van der Waals surface area contributed by atoms with Crippen LogP contribution >= 0.6 is 0 Å². The minimum atomic E-state index is -1.22. The SMILES string of the molecule is CCC(CC)N(C)C(=O)c1cc(F)c([N+](=O)[O-])cc1F. The van der Waals surface area contributed by atoms with Gasteiger partial charge in [-0.3, -0.25) is 14.9 Å². The van der Waals surface area contributed by atoms with Crippen molar-refractivity contribution in [3.8, 4) is 0 Å². The number of halogens is 2. The van der Waals surface area contributed by atoms with Gasteiger partial charge in [-0.1, -0.05) is 13.8 Å². The van der Waals surface area contributed by atoms with Crippen molar-refractivity contribution in [3.63, 3.8) is 0 Å². The maximum Gasteiger partial charge on any atom is 0.307 e. The van der Waals surface area contributed by atoms with Gasteiger partial charge in [-0.2, -0.15) is 4.39 Å². The highest BCUT2D eigenvalue weighted by Gasteiger charge is 2.25. The number of amides is 1. The highest BCUT2D eigenvalue weighted by molar-refractivity contribution is 5.94. The Hall–Kier alpha value is -2.05. The smallest absolute Gasteiger partial charge is 0.307 e. The lowest BCUT2D eigenvalue weighted by molar-refractivity contribution is -0.387. The van der Waals surface area contributed by atoms with E-state index in [4.69, 9.17) is 0 Å². The van der Waals surface area contributed by atoms with Crippen molar-refractivity contribution in [1.82, 2.24) is 4.90 Å². The van der Waals surface area contributed by atoms with E-state index in [1.807, 2.05) is 13.8 Å². The summed E-state index contributed by atoms with van der Waals surface area (Å²) in [5.74, 6) is -3.01. The molecular weight excluding hydrogens is 270 g/mol. The molecule has 0 unspecified atom stereocenters. The lowest BCUT2D eigenvalue weighted by Crippen LogP contribution is -2.36. The number of nitrogens with zero attached hydrogens (tertiary/aromatic N) is 2. The average molecular weight is 286 g/mol. The van der Waals surface area contributed by atoms with Gasteiger partial charge in [0.1, 0.15) is 5.82 Å². The van der Waals surface area contributed by atoms with Gasteiger partial charge >= 0.3 is 5.69 Å². The molecule has 0 aliphatic carbocycles. The Labute approximate surface area is 115 Å². The molecule has 0 radical (unpaired) electrons. The summed E-state index contributed by atoms with van der Waals surface area (Å²) >= 11 is 0. The normalized spacial score (nSPS) is 10.7. The van der Waals surface area contributed by atoms with E-state index < -0.39 is 33.7 Å². The van der Waals surface area contributed by atoms with Crippen LogP contribution in [0.1, 0.15) is 37.0 Å². The van der Waals surface area contributed by atoms with E-state index in [-0.39, 0.29) is 6.04 Å². The second-order valence-corrected chi connectivity index (χ2v) is 4.43. The van der Waals surface area contributed by atoms with E-state index in [0.717, 1.165) is 0 Å². The molecular formula is C13H16F2N2O3. The van der Waals surface area contributed by atoms with E-state index in [9.17, 15) is 23.7 Å². The topological polar surface area (TPSA) is 63.5 Å². The van der Waals surface area contributed by atoms with Crippen LogP contribution < -0.4 is 0 Å². The lowest BCUT2D eigenvalue weighted by atomic mass is 10.1. The molecule has 1 aromatic rings. The van der Waals surface area contributed by atoms with Gasteiger partial charge in [-0.25, -0.2) is 4.39 Å². The molecule has 7 heteroatoms. The Kier molecular flexibility index (Phi) is 5.12. The summed E-state index contributed by atoms with van der Waals surface area (Å²) in [6.45, 7) is 3.76. The third-order valence-electron chi connectivity index (χ3n) is 3.27. The number of carbonyl (C=O) groups excluding carboxylic acids is 1. The molecule has 0 aliphatic heterocycles. The van der Waals surface area contributed by atoms with E-state index in [1.54, 1.807) is 0 Å². The van der Waals surface area contributed by atoms with Crippen LogP contribution in [0.2, 0.25) is 0 Å². The first kappa shape index (κ1) is 16.0. The lowest BCUT2D eigenvalue weighted by Gasteiger charge is -2.26. The number of rotatable bonds is 5. The molecule has 0 heterocycles. The molecule has 0 saturated heterocycles. The van der Waals surface area contributed by atoms with Crippen LogP contribution in [0.15, 0.2) is 12.1 Å². The van der Waals surface area contributed by atoms with Gasteiger partial charge in [0.15, 0.2) is 0 Å². The molecule has 5 nitrogen and oxygen atoms in total. The molecule has 0 saturated carbocycles. The molecule has 0 atom stereocenters. The Morgan fingerprint density at radius 1 is 1.30 bits per heavy atom. The third kappa shape index (κ3) is 3.09. The second-order valence-electron chi connectivity index (χ2n) is 4.43. The van der Waals surface area contributed by atoms with Gasteiger partial charge in [0.05, 0.1) is 16.6 Å². The fourth-order valence-corrected chi connectivity index (χ4v) is 2.03. The molecule has 0 fully saturated rings. The van der Waals surface area contributed by atoms with Crippen molar-refractivity contribution in [2.75, 3.05) is 7.05 Å². The van der Waals surface area contributed by atoms with Crippen molar-refractivity contribution in [2.24, 2.45) is 0 Å². The van der Waals surface area contributed by atoms with Crippen LogP contribution in [0.4, 0.5) is 14.5 Å². The van der Waals surface area contributed by atoms with E-state index in [2.05, 4.69) is 0 Å². The van der Waals surface area contributed by atoms with Crippen molar-refractivity contribution in [3.05, 3.63) is 39.4 Å². The number of carbonyl (C=O) groups is 1. The second kappa shape index (κ2) is 6.40. The minimum Gasteiger partial charge on any atom is -0.339 e. The maximum absolute atomic E-state index is 13.8. The molecule has 0 aliphatic rings. The summed E-state index contributed by atoms with van der Waals surface area (Å²) in [6, 6.07) is 0.915. The molecule has 1 amide bonds. The first-order valence-electron chi connectivity index (χ1n) is 6.24. The maximum atomic E-state index is 13.8. The summed E-state index contributed by atoms with van der Waals surface area (Å²) in [4.78, 5) is 22.9. The predicted octanol–water partition coefficient (Wildman–Crippen LogP) is 3.13. The zero-order chi connectivity index (χ0) is 15.4. The summed E-state index contributed by atoms with van der Waals surface area (Å²) in [6.07, 6.45) is 1.35. The molecule has 0 bridgehead atoms. The number of hydrogen-bond donors (Lipinski definition) is 0. The summed E-state index contributed by atoms with van der Waals surface area (Å²) in [5, 5.41) is 10.5. The highest BCUT2D eigenvalue weighted by atomic mass is 19.1. The van der Waals surface area contributed by atoms with Crippen molar-refractivity contribution < 1.29 is 18.5 Å². The van der Waals surface area contributed by atoms with Crippen LogP contribution in [0.3, 0.4) is 0 Å². The third-order valence-corrected chi connectivity index (χ3v) is 3.27. The predicted molar refractivity (Wildman–Crippen MR) is 69.5 cm³/mol. The average Bonchev–Trinajstić information content (AvgIpc) is 2.41. The van der Waals surface area contributed by atoms with Gasteiger partial charge in [0, 0.05) is 13.1 Å². The summed E-state index contributed by atoms with van der Waals surface area (Å²) in [5.41, 5.74) is -1.48. The van der Waals surface area contributed by atoms with Crippen LogP contribution in [0.25, 0.3) is 0 Å². The van der Waals surface area contributed by atoms with Crippen LogP contribution in [0, 0.1) is 21.7 Å². The molecule has 110 valence electrons. The number of benzene rings is 1. The van der Waals surface area contributed by atoms with Crippen molar-refractivity contribution in [2.45, 2.75) is 32.7 Å². The first-order chi connectivity index (χ1) is 9.33. The Morgan fingerprint density at radius 2 is 1.85 bits per heavy atom. The van der Waals surface area contributed by atoms with Gasteiger partial charge < -0.3 is 4.90 Å². The highest BCUT2D eigenvalue weighted by Crippen LogP contribution is 2.23. The molecule has 0 spiro atoms. The largest absolute Gasteiger partial charge is 0.339 e. The fraction of sp³-hybridized carbons (Fsp3) is 0.462. The zero-order valence-corrected chi connectivity index (χ0v) is 11.5. The Bertz CT molecular complexity index is 531. The standard InChI is InChI=1S/C13H16F2N2O3/c1-4-8(5-2)16(3)13(18)9-6-11(15)12(17(19)20)7-10(9)14/h6-8H,4-5H2,1-3H3. The molecule has 0 aromatic heterocycles. The van der Waals surface area contributed by atoms with Gasteiger partial charge in [0.2, 0.25) is 5.82 Å². The zero-order valence-electron chi connectivity index (χ0n) is 11.5. The van der Waals surface area contributed by atoms with E-state index in [1.165, 1.54) is 11.9 Å². The number of hydrogen-bond acceptors (Lipinski definition) is 3. The fourth-order valence-electron chi connectivity index (χ4n) is 2.03. The van der Waals surface area contributed by atoms with Crippen molar-refractivity contribution in [1.29, 1.82) is 0 Å². The van der Waals surface area contributed by atoms with Gasteiger partial charge in [-0.15, -0.1) is 0 Å². The van der Waals surface area contributed by atoms with Gasteiger partial charge in [-0.05, 0) is 18.9 Å². The van der Waals surface area contributed by atoms with Crippen molar-refractivity contribution >= 4 is 11.6 Å².